The van der Waals surface area contributed by atoms with Crippen LogP contribution in [-0.2, 0) is 10.0 Å². The molecule has 2 fully saturated rings. The van der Waals surface area contributed by atoms with E-state index in [1.807, 2.05) is 30.3 Å². The zero-order valence-corrected chi connectivity index (χ0v) is 12.9. The molecule has 1 aliphatic carbocycles. The first-order valence-corrected chi connectivity index (χ1v) is 9.03. The number of benzene rings is 1. The number of rotatable bonds is 4. The quantitative estimate of drug-likeness (QED) is 0.861. The van der Waals surface area contributed by atoms with Crippen molar-refractivity contribution in [3.63, 3.8) is 0 Å². The van der Waals surface area contributed by atoms with Gasteiger partial charge in [-0.25, -0.2) is 12.7 Å². The van der Waals surface area contributed by atoms with Crippen molar-refractivity contribution in [3.05, 3.63) is 36.2 Å². The molecule has 0 N–H and O–H groups in total. The Labute approximate surface area is 129 Å². The van der Waals surface area contributed by atoms with Crippen LogP contribution in [0.5, 0.6) is 0 Å². The second-order valence-electron chi connectivity index (χ2n) is 5.91. The lowest BCUT2D eigenvalue weighted by molar-refractivity contribution is 0.354. The maximum atomic E-state index is 12.3. The zero-order chi connectivity index (χ0) is 15.2. The number of sulfonamides is 1. The predicted molar refractivity (Wildman–Crippen MR) is 80.6 cm³/mol. The first-order chi connectivity index (χ1) is 10.6. The van der Waals surface area contributed by atoms with Gasteiger partial charge in [-0.1, -0.05) is 35.5 Å². The van der Waals surface area contributed by atoms with Crippen LogP contribution < -0.4 is 0 Å². The van der Waals surface area contributed by atoms with Gasteiger partial charge in [0.15, 0.2) is 0 Å². The molecular formula is C15H17N3O3S. The Morgan fingerprint density at radius 1 is 1.14 bits per heavy atom. The van der Waals surface area contributed by atoms with Gasteiger partial charge >= 0.3 is 0 Å². The minimum atomic E-state index is -3.11. The number of hydrogen-bond acceptors (Lipinski definition) is 5. The molecule has 0 amide bonds. The second-order valence-corrected chi connectivity index (χ2v) is 8.12. The van der Waals surface area contributed by atoms with Crippen molar-refractivity contribution in [2.45, 2.75) is 30.4 Å². The largest absolute Gasteiger partial charge is 0.339 e. The average molecular weight is 319 g/mol. The molecule has 1 atom stereocenters. The molecule has 1 aromatic heterocycles. The van der Waals surface area contributed by atoms with Gasteiger partial charge in [0, 0.05) is 18.7 Å². The van der Waals surface area contributed by atoms with E-state index in [-0.39, 0.29) is 11.2 Å². The standard InChI is InChI=1S/C15H17N3O3S/c19-22(20,13-6-7-13)18-9-8-12(10-18)15-16-14(17-21-15)11-4-2-1-3-5-11/h1-5,12-13H,6-10H2/t12-/m1/s1. The topological polar surface area (TPSA) is 76.3 Å². The van der Waals surface area contributed by atoms with E-state index < -0.39 is 10.0 Å². The molecule has 116 valence electrons. The third-order valence-electron chi connectivity index (χ3n) is 4.28. The summed E-state index contributed by atoms with van der Waals surface area (Å²) in [6.45, 7) is 1.00. The summed E-state index contributed by atoms with van der Waals surface area (Å²) in [6, 6.07) is 9.62. The zero-order valence-electron chi connectivity index (χ0n) is 12.1. The summed E-state index contributed by atoms with van der Waals surface area (Å²) in [5.74, 6) is 1.09. The highest BCUT2D eigenvalue weighted by Crippen LogP contribution is 2.36. The molecule has 0 bridgehead atoms. The maximum absolute atomic E-state index is 12.3. The molecule has 0 unspecified atom stereocenters. The maximum Gasteiger partial charge on any atom is 0.231 e. The second kappa shape index (κ2) is 5.17. The molecule has 1 aliphatic heterocycles. The highest BCUT2D eigenvalue weighted by Gasteiger charge is 2.43. The number of aromatic nitrogens is 2. The van der Waals surface area contributed by atoms with Gasteiger partial charge in [-0.3, -0.25) is 0 Å². The fraction of sp³-hybridized carbons (Fsp3) is 0.467. The van der Waals surface area contributed by atoms with E-state index in [0.29, 0.717) is 24.8 Å². The monoisotopic (exact) mass is 319 g/mol. The normalized spacial score (nSPS) is 23.0. The lowest BCUT2D eigenvalue weighted by atomic mass is 10.1. The fourth-order valence-electron chi connectivity index (χ4n) is 2.84. The molecule has 7 heteroatoms. The van der Waals surface area contributed by atoms with Crippen LogP contribution in [-0.4, -0.2) is 41.2 Å². The third-order valence-corrected chi connectivity index (χ3v) is 6.64. The van der Waals surface area contributed by atoms with E-state index in [9.17, 15) is 8.42 Å². The summed E-state index contributed by atoms with van der Waals surface area (Å²) in [5, 5.41) is 3.85. The average Bonchev–Trinajstić information content (AvgIpc) is 3.09. The molecule has 2 aromatic rings. The van der Waals surface area contributed by atoms with Gasteiger partial charge in [0.2, 0.25) is 21.7 Å². The summed E-state index contributed by atoms with van der Waals surface area (Å²) in [6.07, 6.45) is 2.33. The fourth-order valence-corrected chi connectivity index (χ4v) is 4.74. The minimum absolute atomic E-state index is 0.00140. The summed E-state index contributed by atoms with van der Waals surface area (Å²) in [5.41, 5.74) is 0.901. The highest BCUT2D eigenvalue weighted by atomic mass is 32.2. The third kappa shape index (κ3) is 2.44. The van der Waals surface area contributed by atoms with Gasteiger partial charge in [0.25, 0.3) is 0 Å². The van der Waals surface area contributed by atoms with Crippen LogP contribution >= 0.6 is 0 Å². The molecule has 1 aromatic carbocycles. The molecule has 0 spiro atoms. The minimum Gasteiger partial charge on any atom is -0.339 e. The van der Waals surface area contributed by atoms with E-state index in [0.717, 1.165) is 24.8 Å². The van der Waals surface area contributed by atoms with E-state index in [1.165, 1.54) is 0 Å². The Balaban J connectivity index is 1.51. The van der Waals surface area contributed by atoms with Gasteiger partial charge in [-0.15, -0.1) is 0 Å². The van der Waals surface area contributed by atoms with Gasteiger partial charge < -0.3 is 4.52 Å². The Morgan fingerprint density at radius 3 is 2.64 bits per heavy atom. The highest BCUT2D eigenvalue weighted by molar-refractivity contribution is 7.90. The van der Waals surface area contributed by atoms with E-state index in [2.05, 4.69) is 10.1 Å². The van der Waals surface area contributed by atoms with Crippen LogP contribution in [0.3, 0.4) is 0 Å². The lowest BCUT2D eigenvalue weighted by Crippen LogP contribution is -2.31. The molecule has 4 rings (SSSR count). The lowest BCUT2D eigenvalue weighted by Gasteiger charge is -2.14. The van der Waals surface area contributed by atoms with Crippen molar-refractivity contribution in [2.24, 2.45) is 0 Å². The van der Waals surface area contributed by atoms with Crippen molar-refractivity contribution in [1.82, 2.24) is 14.4 Å². The molecule has 1 saturated carbocycles. The number of hydrogen-bond donors (Lipinski definition) is 0. The van der Waals surface area contributed by atoms with Crippen molar-refractivity contribution >= 4 is 10.0 Å². The van der Waals surface area contributed by atoms with Crippen LogP contribution in [0.4, 0.5) is 0 Å². The van der Waals surface area contributed by atoms with Crippen molar-refractivity contribution in [2.75, 3.05) is 13.1 Å². The summed E-state index contributed by atoms with van der Waals surface area (Å²) >= 11 is 0. The Morgan fingerprint density at radius 2 is 1.91 bits per heavy atom. The summed E-state index contributed by atoms with van der Waals surface area (Å²) in [4.78, 5) is 4.44. The van der Waals surface area contributed by atoms with Gasteiger partial charge in [-0.05, 0) is 19.3 Å². The van der Waals surface area contributed by atoms with Crippen LogP contribution in [0.25, 0.3) is 11.4 Å². The Bertz CT molecular complexity index is 768. The van der Waals surface area contributed by atoms with Crippen molar-refractivity contribution in [3.8, 4) is 11.4 Å². The Kier molecular flexibility index (Phi) is 3.27. The first kappa shape index (κ1) is 13.9. The van der Waals surface area contributed by atoms with Crippen molar-refractivity contribution < 1.29 is 12.9 Å². The van der Waals surface area contributed by atoms with E-state index in [4.69, 9.17) is 4.52 Å². The van der Waals surface area contributed by atoms with Gasteiger partial charge in [-0.2, -0.15) is 4.98 Å². The van der Waals surface area contributed by atoms with Gasteiger partial charge in [0.1, 0.15) is 0 Å². The van der Waals surface area contributed by atoms with Crippen LogP contribution in [0, 0.1) is 0 Å². The molecule has 0 radical (unpaired) electrons. The number of nitrogens with zero attached hydrogens (tertiary/aromatic N) is 3. The van der Waals surface area contributed by atoms with Crippen LogP contribution in [0.1, 0.15) is 31.1 Å². The summed E-state index contributed by atoms with van der Waals surface area (Å²) in [7, 11) is -3.11. The van der Waals surface area contributed by atoms with E-state index in [1.54, 1.807) is 4.31 Å². The van der Waals surface area contributed by atoms with E-state index >= 15 is 0 Å². The molecule has 2 aliphatic rings. The molecule has 22 heavy (non-hydrogen) atoms. The molecule has 2 heterocycles. The van der Waals surface area contributed by atoms with Gasteiger partial charge in [0.05, 0.1) is 11.2 Å². The van der Waals surface area contributed by atoms with Crippen LogP contribution in [0.15, 0.2) is 34.9 Å². The van der Waals surface area contributed by atoms with Crippen LogP contribution in [0.2, 0.25) is 0 Å². The smallest absolute Gasteiger partial charge is 0.231 e. The summed E-state index contributed by atoms with van der Waals surface area (Å²) < 4.78 is 31.5. The predicted octanol–water partition coefficient (Wildman–Crippen LogP) is 2.02. The first-order valence-electron chi connectivity index (χ1n) is 7.52. The molecule has 1 saturated heterocycles. The SMILES string of the molecule is O=S(=O)(C1CC1)N1CC[C@@H](c2nc(-c3ccccc3)no2)C1. The molecular weight excluding hydrogens is 302 g/mol. The Hall–Kier alpha value is -1.73. The molecule has 6 nitrogen and oxygen atoms in total. The van der Waals surface area contributed by atoms with Crippen molar-refractivity contribution in [1.29, 1.82) is 0 Å².